The molecule has 0 unspecified atom stereocenters. The van der Waals surface area contributed by atoms with Gasteiger partial charge in [0.15, 0.2) is 0 Å². The van der Waals surface area contributed by atoms with E-state index in [4.69, 9.17) is 4.74 Å². The van der Waals surface area contributed by atoms with Crippen molar-refractivity contribution in [1.82, 2.24) is 10.2 Å². The number of carbonyl (C=O) groups excluding carboxylic acids is 2. The Labute approximate surface area is 132 Å². The third-order valence-electron chi connectivity index (χ3n) is 3.12. The van der Waals surface area contributed by atoms with Crippen molar-refractivity contribution in [2.45, 2.75) is 46.2 Å². The fraction of sp³-hybridized carbons (Fsp3) is 0.529. The lowest BCUT2D eigenvalue weighted by molar-refractivity contribution is -0.130. The average molecular weight is 306 g/mol. The first kappa shape index (κ1) is 18.0. The van der Waals surface area contributed by atoms with Gasteiger partial charge in [-0.25, -0.2) is 0 Å². The molecule has 0 bridgehead atoms. The zero-order chi connectivity index (χ0) is 16.8. The molecule has 0 heterocycles. The summed E-state index contributed by atoms with van der Waals surface area (Å²) in [6.45, 7) is 8.13. The van der Waals surface area contributed by atoms with Gasteiger partial charge in [-0.15, -0.1) is 0 Å². The molecule has 0 aromatic heterocycles. The van der Waals surface area contributed by atoms with Crippen LogP contribution in [0.1, 0.15) is 39.7 Å². The number of para-hydroxylation sites is 1. The Balaban J connectivity index is 2.67. The van der Waals surface area contributed by atoms with Crippen LogP contribution in [-0.4, -0.2) is 35.9 Å². The van der Waals surface area contributed by atoms with Crippen molar-refractivity contribution in [3.05, 3.63) is 29.8 Å². The minimum atomic E-state index is -0.263. The monoisotopic (exact) mass is 306 g/mol. The predicted molar refractivity (Wildman–Crippen MR) is 86.6 cm³/mol. The summed E-state index contributed by atoms with van der Waals surface area (Å²) in [5, 5.41) is 2.90. The highest BCUT2D eigenvalue weighted by molar-refractivity contribution is 5.78. The summed E-state index contributed by atoms with van der Waals surface area (Å²) in [7, 11) is 1.60. The van der Waals surface area contributed by atoms with Crippen LogP contribution < -0.4 is 10.1 Å². The maximum absolute atomic E-state index is 11.9. The van der Waals surface area contributed by atoms with Gasteiger partial charge in [0.25, 0.3) is 0 Å². The molecular weight excluding hydrogens is 280 g/mol. The van der Waals surface area contributed by atoms with Crippen molar-refractivity contribution in [3.63, 3.8) is 0 Å². The Morgan fingerprint density at radius 3 is 2.41 bits per heavy atom. The molecule has 0 aliphatic carbocycles. The first-order chi connectivity index (χ1) is 10.2. The number of methoxy groups -OCH3 is 1. The quantitative estimate of drug-likeness (QED) is 0.877. The third-order valence-corrected chi connectivity index (χ3v) is 3.12. The minimum Gasteiger partial charge on any atom is -0.496 e. The van der Waals surface area contributed by atoms with Crippen molar-refractivity contribution in [3.8, 4) is 5.75 Å². The van der Waals surface area contributed by atoms with Crippen molar-refractivity contribution in [1.29, 1.82) is 0 Å². The molecule has 0 aliphatic heterocycles. The van der Waals surface area contributed by atoms with E-state index in [1.807, 2.05) is 45.0 Å². The summed E-state index contributed by atoms with van der Waals surface area (Å²) in [4.78, 5) is 25.3. The molecule has 22 heavy (non-hydrogen) atoms. The van der Waals surface area contributed by atoms with Crippen molar-refractivity contribution in [2.75, 3.05) is 13.7 Å². The highest BCUT2D eigenvalue weighted by Gasteiger charge is 2.17. The minimum absolute atomic E-state index is 0.0567. The molecule has 0 saturated carbocycles. The van der Waals surface area contributed by atoms with Crippen LogP contribution in [0.3, 0.4) is 0 Å². The van der Waals surface area contributed by atoms with Gasteiger partial charge in [0, 0.05) is 37.5 Å². The van der Waals surface area contributed by atoms with Gasteiger partial charge in [0.1, 0.15) is 5.75 Å². The van der Waals surface area contributed by atoms with Gasteiger partial charge in [0.2, 0.25) is 11.8 Å². The lowest BCUT2D eigenvalue weighted by Crippen LogP contribution is -2.42. The number of benzene rings is 1. The van der Waals surface area contributed by atoms with Crippen LogP contribution in [0.25, 0.3) is 0 Å². The molecule has 0 radical (unpaired) electrons. The van der Waals surface area contributed by atoms with E-state index in [-0.39, 0.29) is 23.8 Å². The van der Waals surface area contributed by atoms with Crippen molar-refractivity contribution < 1.29 is 14.3 Å². The summed E-state index contributed by atoms with van der Waals surface area (Å²) in [5.74, 6) is 0.626. The second-order valence-electron chi connectivity index (χ2n) is 6.30. The van der Waals surface area contributed by atoms with Crippen LogP contribution in [0.5, 0.6) is 5.75 Å². The van der Waals surface area contributed by atoms with E-state index in [1.54, 1.807) is 12.0 Å². The molecule has 1 N–H and O–H groups in total. The van der Waals surface area contributed by atoms with Crippen LogP contribution in [-0.2, 0) is 16.1 Å². The van der Waals surface area contributed by atoms with Gasteiger partial charge in [-0.2, -0.15) is 0 Å². The Kier molecular flexibility index (Phi) is 6.40. The largest absolute Gasteiger partial charge is 0.496 e. The van der Waals surface area contributed by atoms with Crippen molar-refractivity contribution in [2.24, 2.45) is 0 Å². The van der Waals surface area contributed by atoms with Crippen LogP contribution >= 0.6 is 0 Å². The number of hydrogen-bond acceptors (Lipinski definition) is 3. The molecule has 2 amide bonds. The molecule has 0 aliphatic rings. The fourth-order valence-corrected chi connectivity index (χ4v) is 2.10. The Hall–Kier alpha value is -2.04. The van der Waals surface area contributed by atoms with Crippen LogP contribution in [0, 0.1) is 0 Å². The smallest absolute Gasteiger partial charge is 0.222 e. The number of ether oxygens (including phenoxy) is 1. The SMILES string of the molecule is COc1ccccc1CN(CCC(=O)NC(C)(C)C)C(C)=O. The van der Waals surface area contributed by atoms with Gasteiger partial charge >= 0.3 is 0 Å². The number of rotatable bonds is 6. The summed E-state index contributed by atoms with van der Waals surface area (Å²) in [6, 6.07) is 7.57. The molecule has 0 fully saturated rings. The first-order valence-corrected chi connectivity index (χ1v) is 7.41. The number of carbonyl (C=O) groups is 2. The molecule has 122 valence electrons. The Morgan fingerprint density at radius 1 is 1.23 bits per heavy atom. The number of nitrogens with one attached hydrogen (secondary N) is 1. The Morgan fingerprint density at radius 2 is 1.86 bits per heavy atom. The van der Waals surface area contributed by atoms with Gasteiger partial charge in [0.05, 0.1) is 7.11 Å². The summed E-state index contributed by atoms with van der Waals surface area (Å²) in [5.41, 5.74) is 0.664. The zero-order valence-corrected chi connectivity index (χ0v) is 14.1. The molecule has 5 nitrogen and oxygen atoms in total. The van der Waals surface area contributed by atoms with Crippen LogP contribution in [0.15, 0.2) is 24.3 Å². The first-order valence-electron chi connectivity index (χ1n) is 7.41. The van der Waals surface area contributed by atoms with E-state index >= 15 is 0 Å². The normalized spacial score (nSPS) is 11.0. The molecule has 0 saturated heterocycles. The second kappa shape index (κ2) is 7.82. The van der Waals surface area contributed by atoms with E-state index in [1.165, 1.54) is 6.92 Å². The summed E-state index contributed by atoms with van der Waals surface area (Å²) < 4.78 is 5.30. The highest BCUT2D eigenvalue weighted by Crippen LogP contribution is 2.19. The average Bonchev–Trinajstić information content (AvgIpc) is 2.41. The Bertz CT molecular complexity index is 521. The van der Waals surface area contributed by atoms with Gasteiger partial charge in [-0.3, -0.25) is 9.59 Å². The number of amides is 2. The fourth-order valence-electron chi connectivity index (χ4n) is 2.10. The predicted octanol–water partition coefficient (Wildman–Crippen LogP) is 2.35. The van der Waals surface area contributed by atoms with E-state index < -0.39 is 0 Å². The van der Waals surface area contributed by atoms with Gasteiger partial charge in [-0.1, -0.05) is 18.2 Å². The topological polar surface area (TPSA) is 58.6 Å². The lowest BCUT2D eigenvalue weighted by atomic mass is 10.1. The molecule has 0 atom stereocenters. The lowest BCUT2D eigenvalue weighted by Gasteiger charge is -2.24. The maximum atomic E-state index is 11.9. The third kappa shape index (κ3) is 6.16. The van der Waals surface area contributed by atoms with E-state index in [0.29, 0.717) is 13.1 Å². The molecule has 0 spiro atoms. The van der Waals surface area contributed by atoms with Gasteiger partial charge < -0.3 is 15.0 Å². The van der Waals surface area contributed by atoms with E-state index in [9.17, 15) is 9.59 Å². The molecule has 1 aromatic carbocycles. The highest BCUT2D eigenvalue weighted by atomic mass is 16.5. The van der Waals surface area contributed by atoms with Crippen LogP contribution in [0.2, 0.25) is 0 Å². The molecular formula is C17H26N2O3. The van der Waals surface area contributed by atoms with Crippen LogP contribution in [0.4, 0.5) is 0 Å². The molecule has 1 rings (SSSR count). The molecule has 1 aromatic rings. The number of hydrogen-bond donors (Lipinski definition) is 1. The van der Waals surface area contributed by atoms with Gasteiger partial charge in [-0.05, 0) is 26.8 Å². The maximum Gasteiger partial charge on any atom is 0.222 e. The zero-order valence-electron chi connectivity index (χ0n) is 14.1. The molecule has 5 heteroatoms. The standard InChI is InChI=1S/C17H26N2O3/c1-13(20)19(11-10-16(21)18-17(2,3)4)12-14-8-6-7-9-15(14)22-5/h6-9H,10-12H2,1-5H3,(H,18,21). The number of nitrogens with zero attached hydrogens (tertiary/aromatic N) is 1. The van der Waals surface area contributed by atoms with E-state index in [0.717, 1.165) is 11.3 Å². The van der Waals surface area contributed by atoms with Crippen molar-refractivity contribution >= 4 is 11.8 Å². The summed E-state index contributed by atoms with van der Waals surface area (Å²) >= 11 is 0. The summed E-state index contributed by atoms with van der Waals surface area (Å²) in [6.07, 6.45) is 0.284. The van der Waals surface area contributed by atoms with E-state index in [2.05, 4.69) is 5.32 Å². The second-order valence-corrected chi connectivity index (χ2v) is 6.30.